The van der Waals surface area contributed by atoms with E-state index in [9.17, 15) is 4.79 Å². The number of amides is 1. The summed E-state index contributed by atoms with van der Waals surface area (Å²) >= 11 is 5.95. The predicted molar refractivity (Wildman–Crippen MR) is 97.6 cm³/mol. The minimum Gasteiger partial charge on any atom is -0.489 e. The van der Waals surface area contributed by atoms with Crippen molar-refractivity contribution in [1.82, 2.24) is 14.9 Å². The number of carbonyl (C=O) groups is 1. The molecule has 0 aliphatic carbocycles. The molecule has 0 saturated heterocycles. The molecule has 2 heterocycles. The Bertz CT molecular complexity index is 932. The second-order valence-corrected chi connectivity index (χ2v) is 6.16. The fourth-order valence-corrected chi connectivity index (χ4v) is 2.70. The molecule has 26 heavy (non-hydrogen) atoms. The van der Waals surface area contributed by atoms with Gasteiger partial charge in [-0.1, -0.05) is 22.8 Å². The van der Waals surface area contributed by atoms with Crippen molar-refractivity contribution in [3.05, 3.63) is 58.2 Å². The van der Waals surface area contributed by atoms with Gasteiger partial charge in [-0.05, 0) is 39.0 Å². The molecule has 0 aliphatic rings. The third kappa shape index (κ3) is 3.72. The Morgan fingerprint density at radius 2 is 2.19 bits per heavy atom. The largest absolute Gasteiger partial charge is 0.489 e. The third-order valence-corrected chi connectivity index (χ3v) is 4.27. The van der Waals surface area contributed by atoms with Crippen LogP contribution in [0.15, 0.2) is 35.0 Å². The van der Waals surface area contributed by atoms with Crippen LogP contribution in [0.4, 0.5) is 5.69 Å². The Morgan fingerprint density at radius 3 is 2.88 bits per heavy atom. The minimum absolute atomic E-state index is 0.144. The number of hydrogen-bond acceptors (Lipinski definition) is 5. The second kappa shape index (κ2) is 7.61. The molecule has 0 fully saturated rings. The number of halogens is 1. The number of anilines is 1. The fourth-order valence-electron chi connectivity index (χ4n) is 2.52. The number of ether oxygens (including phenoxy) is 1. The van der Waals surface area contributed by atoms with E-state index in [0.717, 1.165) is 12.2 Å². The Morgan fingerprint density at radius 1 is 1.38 bits per heavy atom. The lowest BCUT2D eigenvalue weighted by Crippen LogP contribution is -2.16. The van der Waals surface area contributed by atoms with Crippen molar-refractivity contribution in [1.29, 1.82) is 0 Å². The van der Waals surface area contributed by atoms with Gasteiger partial charge in [-0.3, -0.25) is 9.48 Å². The van der Waals surface area contributed by atoms with E-state index in [1.54, 1.807) is 42.1 Å². The van der Waals surface area contributed by atoms with Crippen molar-refractivity contribution < 1.29 is 14.1 Å². The molecule has 1 N–H and O–H groups in total. The van der Waals surface area contributed by atoms with Gasteiger partial charge in [-0.25, -0.2) is 0 Å². The van der Waals surface area contributed by atoms with E-state index in [0.29, 0.717) is 27.8 Å². The van der Waals surface area contributed by atoms with E-state index in [-0.39, 0.29) is 18.2 Å². The first-order valence-corrected chi connectivity index (χ1v) is 8.54. The summed E-state index contributed by atoms with van der Waals surface area (Å²) in [6.45, 7) is 6.48. The summed E-state index contributed by atoms with van der Waals surface area (Å²) in [6.07, 6.45) is 1.62. The van der Waals surface area contributed by atoms with E-state index >= 15 is 0 Å². The number of aromatic nitrogens is 3. The first kappa shape index (κ1) is 18.0. The van der Waals surface area contributed by atoms with Gasteiger partial charge in [0.1, 0.15) is 18.1 Å². The number of carbonyl (C=O) groups excluding carboxylic acids is 1. The van der Waals surface area contributed by atoms with Gasteiger partial charge in [-0.2, -0.15) is 5.10 Å². The topological polar surface area (TPSA) is 82.2 Å². The summed E-state index contributed by atoms with van der Waals surface area (Å²) in [5.41, 5.74) is 2.29. The quantitative estimate of drug-likeness (QED) is 0.705. The molecule has 0 bridgehead atoms. The van der Waals surface area contributed by atoms with Crippen molar-refractivity contribution in [2.45, 2.75) is 33.9 Å². The highest BCUT2D eigenvalue weighted by atomic mass is 35.5. The molecule has 136 valence electrons. The van der Waals surface area contributed by atoms with Gasteiger partial charge in [-0.15, -0.1) is 0 Å². The molecule has 2 aromatic heterocycles. The Kier molecular flexibility index (Phi) is 5.27. The molecule has 0 atom stereocenters. The maximum Gasteiger partial charge on any atom is 0.278 e. The molecule has 0 unspecified atom stereocenters. The summed E-state index contributed by atoms with van der Waals surface area (Å²) in [4.78, 5) is 12.6. The lowest BCUT2D eigenvalue weighted by Gasteiger charge is -2.07. The van der Waals surface area contributed by atoms with Crippen LogP contribution < -0.4 is 10.1 Å². The summed E-state index contributed by atoms with van der Waals surface area (Å²) in [5.74, 6) is 0.757. The molecule has 1 aromatic carbocycles. The van der Waals surface area contributed by atoms with Crippen LogP contribution in [0.5, 0.6) is 5.75 Å². The molecule has 0 radical (unpaired) electrons. The highest BCUT2D eigenvalue weighted by Crippen LogP contribution is 2.22. The number of rotatable bonds is 6. The Hall–Kier alpha value is -2.80. The summed E-state index contributed by atoms with van der Waals surface area (Å²) in [7, 11) is 0. The van der Waals surface area contributed by atoms with Gasteiger partial charge < -0.3 is 14.6 Å². The van der Waals surface area contributed by atoms with Crippen LogP contribution in [0.25, 0.3) is 0 Å². The first-order valence-electron chi connectivity index (χ1n) is 8.16. The van der Waals surface area contributed by atoms with E-state index in [2.05, 4.69) is 15.6 Å². The van der Waals surface area contributed by atoms with E-state index < -0.39 is 0 Å². The van der Waals surface area contributed by atoms with Crippen LogP contribution in [0.2, 0.25) is 5.02 Å². The predicted octanol–water partition coefficient (Wildman–Crippen LogP) is 3.99. The number of benzene rings is 1. The highest BCUT2D eigenvalue weighted by Gasteiger charge is 2.21. The molecular formula is C18H19ClN4O3. The molecule has 3 rings (SSSR count). The third-order valence-electron chi connectivity index (χ3n) is 4.03. The molecule has 0 aliphatic heterocycles. The monoisotopic (exact) mass is 374 g/mol. The molecule has 3 aromatic rings. The van der Waals surface area contributed by atoms with Crippen LogP contribution in [0, 0.1) is 13.8 Å². The van der Waals surface area contributed by atoms with Crippen molar-refractivity contribution in [3.63, 3.8) is 0 Å². The second-order valence-electron chi connectivity index (χ2n) is 5.73. The van der Waals surface area contributed by atoms with E-state index in [1.165, 1.54) is 0 Å². The number of nitrogens with zero attached hydrogens (tertiary/aromatic N) is 3. The van der Waals surface area contributed by atoms with E-state index in [1.807, 2.05) is 13.8 Å². The van der Waals surface area contributed by atoms with Crippen molar-refractivity contribution in [2.75, 3.05) is 5.32 Å². The van der Waals surface area contributed by atoms with Gasteiger partial charge in [0.15, 0.2) is 5.69 Å². The van der Waals surface area contributed by atoms with Gasteiger partial charge in [0.05, 0.1) is 23.1 Å². The summed E-state index contributed by atoms with van der Waals surface area (Å²) in [6, 6.07) is 7.04. The van der Waals surface area contributed by atoms with Crippen molar-refractivity contribution >= 4 is 23.2 Å². The van der Waals surface area contributed by atoms with Gasteiger partial charge in [0.25, 0.3) is 5.91 Å². The normalized spacial score (nSPS) is 10.8. The molecule has 0 saturated carbocycles. The van der Waals surface area contributed by atoms with Crippen LogP contribution in [-0.2, 0) is 13.2 Å². The zero-order valence-electron chi connectivity index (χ0n) is 14.7. The molecule has 1 amide bonds. The summed E-state index contributed by atoms with van der Waals surface area (Å²) < 4.78 is 12.7. The Labute approximate surface area is 155 Å². The average molecular weight is 375 g/mol. The Balaban J connectivity index is 1.76. The highest BCUT2D eigenvalue weighted by molar-refractivity contribution is 6.30. The van der Waals surface area contributed by atoms with Crippen LogP contribution in [-0.4, -0.2) is 20.8 Å². The molecule has 0 spiro atoms. The maximum atomic E-state index is 12.6. The van der Waals surface area contributed by atoms with Crippen LogP contribution in [0.1, 0.15) is 34.4 Å². The van der Waals surface area contributed by atoms with Crippen molar-refractivity contribution in [3.8, 4) is 5.75 Å². The van der Waals surface area contributed by atoms with Crippen molar-refractivity contribution in [2.24, 2.45) is 0 Å². The SMILES string of the molecule is CCn1ncc(NC(=O)c2noc(C)c2COc2cccc(Cl)c2)c1C. The lowest BCUT2D eigenvalue weighted by molar-refractivity contribution is 0.101. The number of nitrogens with one attached hydrogen (secondary N) is 1. The van der Waals surface area contributed by atoms with Crippen LogP contribution in [0.3, 0.4) is 0 Å². The lowest BCUT2D eigenvalue weighted by atomic mass is 10.2. The number of hydrogen-bond donors (Lipinski definition) is 1. The molecular weight excluding hydrogens is 356 g/mol. The fraction of sp³-hybridized carbons (Fsp3) is 0.278. The minimum atomic E-state index is -0.370. The van der Waals surface area contributed by atoms with E-state index in [4.69, 9.17) is 20.9 Å². The van der Waals surface area contributed by atoms with Gasteiger partial charge in [0, 0.05) is 11.6 Å². The standard InChI is InChI=1S/C18H19ClN4O3/c1-4-23-11(2)16(9-20-23)21-18(24)17-15(12(3)26-22-17)10-25-14-7-5-6-13(19)8-14/h5-9H,4,10H2,1-3H3,(H,21,24). The summed E-state index contributed by atoms with van der Waals surface area (Å²) in [5, 5.41) is 11.5. The molecule has 7 nitrogen and oxygen atoms in total. The first-order chi connectivity index (χ1) is 12.5. The maximum absolute atomic E-state index is 12.6. The van der Waals surface area contributed by atoms with Gasteiger partial charge in [0.2, 0.25) is 0 Å². The zero-order valence-corrected chi connectivity index (χ0v) is 15.5. The zero-order chi connectivity index (χ0) is 18.7. The average Bonchev–Trinajstić information content (AvgIpc) is 3.16. The number of aryl methyl sites for hydroxylation is 2. The van der Waals surface area contributed by atoms with Gasteiger partial charge >= 0.3 is 0 Å². The smallest absolute Gasteiger partial charge is 0.278 e. The van der Waals surface area contributed by atoms with Crippen LogP contribution >= 0.6 is 11.6 Å². The molecule has 8 heteroatoms.